The molecule has 1 saturated heterocycles. The van der Waals surface area contributed by atoms with Crippen molar-refractivity contribution in [2.24, 2.45) is 17.6 Å². The molecule has 5 rings (SSSR count). The minimum atomic E-state index is -4.53. The van der Waals surface area contributed by atoms with E-state index in [0.717, 1.165) is 31.1 Å². The highest BCUT2D eigenvalue weighted by molar-refractivity contribution is 7.93. The smallest absolute Gasteiger partial charge is 0.326 e. The van der Waals surface area contributed by atoms with E-state index in [1.165, 1.54) is 23.1 Å². The van der Waals surface area contributed by atoms with Gasteiger partial charge < -0.3 is 15.7 Å². The number of carbonyl (C=O) groups is 2. The number of aliphatic carboxylic acids is 1. The number of fused-ring (bicyclic) bond motifs is 2. The molecule has 1 aliphatic heterocycles. The van der Waals surface area contributed by atoms with E-state index in [-0.39, 0.29) is 29.7 Å². The molecule has 3 aromatic rings. The summed E-state index contributed by atoms with van der Waals surface area (Å²) < 4.78 is 28.6. The number of carboxylic acids is 1. The minimum Gasteiger partial charge on any atom is -0.480 e. The SMILES string of the molecule is N#Cc1cccc(C[C@](N)(C(=O)N2CC3CCCCC3CC2C(=O)O)S(=O)(=O)c2ccc3ccccc3c2)c1. The summed E-state index contributed by atoms with van der Waals surface area (Å²) in [5.41, 5.74) is 7.42. The van der Waals surface area contributed by atoms with Gasteiger partial charge in [-0.25, -0.2) is 13.2 Å². The number of nitrogens with zero attached hydrogens (tertiary/aromatic N) is 2. The number of piperidine rings is 1. The van der Waals surface area contributed by atoms with Crippen LogP contribution in [-0.2, 0) is 25.8 Å². The molecule has 3 N–H and O–H groups in total. The first-order valence-corrected chi connectivity index (χ1v) is 14.7. The summed E-state index contributed by atoms with van der Waals surface area (Å²) in [6.45, 7) is 0.158. The van der Waals surface area contributed by atoms with Crippen LogP contribution in [0.15, 0.2) is 71.6 Å². The number of hydrogen-bond acceptors (Lipinski definition) is 6. The van der Waals surface area contributed by atoms with Crippen LogP contribution in [0.1, 0.15) is 43.2 Å². The second-order valence-corrected chi connectivity index (χ2v) is 12.9. The van der Waals surface area contributed by atoms with Gasteiger partial charge in [-0.15, -0.1) is 0 Å². The number of hydrogen-bond donors (Lipinski definition) is 2. The molecule has 1 heterocycles. The normalized spacial score (nSPS) is 22.9. The summed E-state index contributed by atoms with van der Waals surface area (Å²) in [5.74, 6) is -1.80. The highest BCUT2D eigenvalue weighted by Crippen LogP contribution is 2.40. The number of rotatable bonds is 6. The van der Waals surface area contributed by atoms with Crippen LogP contribution in [0, 0.1) is 23.2 Å². The first-order chi connectivity index (χ1) is 18.6. The van der Waals surface area contributed by atoms with E-state index in [4.69, 9.17) is 5.73 Å². The Bertz CT molecular complexity index is 1580. The van der Waals surface area contributed by atoms with Gasteiger partial charge in [-0.1, -0.05) is 61.7 Å². The van der Waals surface area contributed by atoms with Gasteiger partial charge in [0.05, 0.1) is 16.5 Å². The maximum Gasteiger partial charge on any atom is 0.326 e. The number of sulfone groups is 1. The lowest BCUT2D eigenvalue weighted by atomic mass is 9.72. The lowest BCUT2D eigenvalue weighted by Crippen LogP contribution is -2.66. The van der Waals surface area contributed by atoms with Crippen LogP contribution in [0.2, 0.25) is 0 Å². The molecule has 0 aromatic heterocycles. The van der Waals surface area contributed by atoms with Crippen LogP contribution in [0.25, 0.3) is 10.8 Å². The van der Waals surface area contributed by atoms with Crippen molar-refractivity contribution in [3.8, 4) is 6.07 Å². The highest BCUT2D eigenvalue weighted by Gasteiger charge is 2.54. The fourth-order valence-corrected chi connectivity index (χ4v) is 7.87. The highest BCUT2D eigenvalue weighted by atomic mass is 32.2. The number of amides is 1. The van der Waals surface area contributed by atoms with Crippen molar-refractivity contribution in [1.29, 1.82) is 5.26 Å². The van der Waals surface area contributed by atoms with Crippen LogP contribution in [0.3, 0.4) is 0 Å². The van der Waals surface area contributed by atoms with Crippen LogP contribution < -0.4 is 5.73 Å². The summed E-state index contributed by atoms with van der Waals surface area (Å²) in [6, 6.07) is 19.0. The average molecular weight is 546 g/mol. The van der Waals surface area contributed by atoms with Gasteiger partial charge in [-0.3, -0.25) is 4.79 Å². The third-order valence-electron chi connectivity index (χ3n) is 8.34. The average Bonchev–Trinajstić information content (AvgIpc) is 2.95. The van der Waals surface area contributed by atoms with Gasteiger partial charge in [0.1, 0.15) is 6.04 Å². The van der Waals surface area contributed by atoms with E-state index in [9.17, 15) is 28.4 Å². The van der Waals surface area contributed by atoms with Crippen LogP contribution in [0.5, 0.6) is 0 Å². The van der Waals surface area contributed by atoms with Gasteiger partial charge in [-0.05, 0) is 65.3 Å². The van der Waals surface area contributed by atoms with Gasteiger partial charge in [0, 0.05) is 13.0 Å². The molecule has 3 aromatic carbocycles. The summed E-state index contributed by atoms with van der Waals surface area (Å²) in [7, 11) is -4.53. The predicted octanol–water partition coefficient (Wildman–Crippen LogP) is 3.87. The molecule has 3 unspecified atom stereocenters. The Morgan fingerprint density at radius 3 is 2.44 bits per heavy atom. The first kappa shape index (κ1) is 26.9. The van der Waals surface area contributed by atoms with Crippen molar-refractivity contribution in [2.75, 3.05) is 6.54 Å². The third-order valence-corrected chi connectivity index (χ3v) is 10.5. The molecule has 202 valence electrons. The molecule has 0 bridgehead atoms. The first-order valence-electron chi connectivity index (χ1n) is 13.2. The minimum absolute atomic E-state index is 0.104. The van der Waals surface area contributed by atoms with Gasteiger partial charge in [-0.2, -0.15) is 5.26 Å². The lowest BCUT2D eigenvalue weighted by Gasteiger charge is -2.46. The molecular weight excluding hydrogens is 514 g/mol. The van der Waals surface area contributed by atoms with Crippen LogP contribution in [-0.4, -0.2) is 47.8 Å². The summed E-state index contributed by atoms with van der Waals surface area (Å²) in [5, 5.41) is 21.0. The molecule has 2 aliphatic rings. The molecule has 1 amide bonds. The summed E-state index contributed by atoms with van der Waals surface area (Å²) in [4.78, 5) is 25.3. The van der Waals surface area contributed by atoms with E-state index in [1.807, 2.05) is 18.2 Å². The number of nitrogens with two attached hydrogens (primary N) is 1. The fraction of sp³-hybridized carbons (Fsp3) is 0.367. The molecule has 39 heavy (non-hydrogen) atoms. The topological polar surface area (TPSA) is 142 Å². The molecule has 8 nitrogen and oxygen atoms in total. The zero-order chi connectivity index (χ0) is 27.8. The second-order valence-electron chi connectivity index (χ2n) is 10.7. The third kappa shape index (κ3) is 4.90. The Labute approximate surface area is 228 Å². The standard InChI is InChI=1S/C30H31N3O5S/c31-18-21-7-5-6-20(14-21)17-30(32,39(37,38)26-13-12-22-8-1-2-9-23(22)15-26)29(36)33-19-25-11-4-3-10-24(25)16-27(33)28(34)35/h1-2,5-9,12-15,24-25,27H,3-4,10-11,16-17,19,32H2,(H,34,35)/t24?,25?,27?,30-/m1/s1. The maximum atomic E-state index is 14.3. The Balaban J connectivity index is 1.62. The van der Waals surface area contributed by atoms with Crippen molar-refractivity contribution in [1.82, 2.24) is 4.90 Å². The summed E-state index contributed by atoms with van der Waals surface area (Å²) >= 11 is 0. The van der Waals surface area contributed by atoms with E-state index in [2.05, 4.69) is 0 Å². The maximum absolute atomic E-state index is 14.3. The Kier molecular flexibility index (Phi) is 7.19. The molecule has 4 atom stereocenters. The molecular formula is C30H31N3O5S. The van der Waals surface area contributed by atoms with E-state index >= 15 is 0 Å². The van der Waals surface area contributed by atoms with Gasteiger partial charge >= 0.3 is 5.97 Å². The molecule has 1 saturated carbocycles. The number of benzene rings is 3. The van der Waals surface area contributed by atoms with Crippen LogP contribution >= 0.6 is 0 Å². The summed E-state index contributed by atoms with van der Waals surface area (Å²) in [6.07, 6.45) is 3.65. The molecule has 0 radical (unpaired) electrons. The quantitative estimate of drug-likeness (QED) is 0.479. The zero-order valence-corrected chi connectivity index (χ0v) is 22.3. The van der Waals surface area contributed by atoms with E-state index in [0.29, 0.717) is 16.5 Å². The lowest BCUT2D eigenvalue weighted by molar-refractivity contribution is -0.156. The van der Waals surface area contributed by atoms with Crippen LogP contribution in [0.4, 0.5) is 0 Å². The second kappa shape index (κ2) is 10.4. The number of carbonyl (C=O) groups excluding carboxylic acids is 1. The zero-order valence-electron chi connectivity index (χ0n) is 21.5. The van der Waals surface area contributed by atoms with Crippen molar-refractivity contribution < 1.29 is 23.1 Å². The molecule has 9 heteroatoms. The Morgan fingerprint density at radius 2 is 1.72 bits per heavy atom. The van der Waals surface area contributed by atoms with Crippen molar-refractivity contribution in [3.63, 3.8) is 0 Å². The van der Waals surface area contributed by atoms with Gasteiger partial charge in [0.25, 0.3) is 5.91 Å². The number of nitriles is 1. The molecule has 2 fully saturated rings. The molecule has 0 spiro atoms. The number of likely N-dealkylation sites (tertiary alicyclic amines) is 1. The van der Waals surface area contributed by atoms with Crippen molar-refractivity contribution in [2.45, 2.75) is 54.3 Å². The Hall–Kier alpha value is -3.74. The molecule has 1 aliphatic carbocycles. The van der Waals surface area contributed by atoms with Crippen molar-refractivity contribution >= 4 is 32.5 Å². The van der Waals surface area contributed by atoms with E-state index < -0.39 is 39.0 Å². The van der Waals surface area contributed by atoms with E-state index in [1.54, 1.807) is 36.4 Å². The van der Waals surface area contributed by atoms with Gasteiger partial charge in [0.2, 0.25) is 14.7 Å². The number of carboxylic acid groups (broad SMARTS) is 1. The predicted molar refractivity (Wildman–Crippen MR) is 146 cm³/mol. The van der Waals surface area contributed by atoms with Gasteiger partial charge in [0.15, 0.2) is 0 Å². The fourth-order valence-electron chi connectivity index (χ4n) is 6.22. The van der Waals surface area contributed by atoms with Crippen molar-refractivity contribution in [3.05, 3.63) is 77.9 Å². The monoisotopic (exact) mass is 545 g/mol. The largest absolute Gasteiger partial charge is 0.480 e. The Morgan fingerprint density at radius 1 is 1.00 bits per heavy atom.